The molecule has 6 heteroatoms. The minimum Gasteiger partial charge on any atom is -0.507 e. The van der Waals surface area contributed by atoms with E-state index in [1.807, 2.05) is 19.9 Å². The third kappa shape index (κ3) is 4.81. The van der Waals surface area contributed by atoms with E-state index in [0.717, 1.165) is 24.9 Å². The van der Waals surface area contributed by atoms with Crippen molar-refractivity contribution in [3.05, 3.63) is 54.1 Å². The number of ether oxygens (including phenoxy) is 1. The van der Waals surface area contributed by atoms with Crippen LogP contribution in [0.4, 0.5) is 5.69 Å². The largest absolute Gasteiger partial charge is 0.507 e. The zero-order valence-corrected chi connectivity index (χ0v) is 17.4. The summed E-state index contributed by atoms with van der Waals surface area (Å²) in [5.41, 5.74) is 8.74. The Hall–Kier alpha value is -3.72. The van der Waals surface area contributed by atoms with Gasteiger partial charge in [0.25, 0.3) is 0 Å². The maximum Gasteiger partial charge on any atom is 0.335 e. The number of nitrogen functional groups attached to an aromatic ring is 1. The molecule has 0 aliphatic carbocycles. The quantitative estimate of drug-likeness (QED) is 0.147. The number of anilines is 1. The van der Waals surface area contributed by atoms with Crippen molar-refractivity contribution >= 4 is 17.5 Å². The molecule has 0 unspecified atom stereocenters. The number of nitrogens with zero attached hydrogens (tertiary/aromatic N) is 1. The molecule has 0 fully saturated rings. The van der Waals surface area contributed by atoms with Crippen LogP contribution in [0.2, 0.25) is 0 Å². The predicted octanol–water partition coefficient (Wildman–Crippen LogP) is 3.85. The van der Waals surface area contributed by atoms with Crippen molar-refractivity contribution < 1.29 is 14.6 Å². The molecule has 0 atom stereocenters. The molecule has 0 saturated heterocycles. The van der Waals surface area contributed by atoms with E-state index in [0.29, 0.717) is 40.8 Å². The first-order chi connectivity index (χ1) is 14.4. The molecular weight excluding hydrogens is 378 g/mol. The van der Waals surface area contributed by atoms with Gasteiger partial charge in [-0.2, -0.15) is 0 Å². The van der Waals surface area contributed by atoms with Crippen LogP contribution in [0, 0.1) is 17.8 Å². The minimum absolute atomic E-state index is 0.0380. The molecule has 30 heavy (non-hydrogen) atoms. The van der Waals surface area contributed by atoms with Crippen molar-refractivity contribution in [1.29, 1.82) is 5.41 Å². The monoisotopic (exact) mass is 405 g/mol. The summed E-state index contributed by atoms with van der Waals surface area (Å²) in [6.45, 7) is 9.10. The third-order valence-corrected chi connectivity index (χ3v) is 4.84. The first kappa shape index (κ1) is 22.6. The lowest BCUT2D eigenvalue weighted by Gasteiger charge is -2.23. The predicted molar refractivity (Wildman–Crippen MR) is 121 cm³/mol. The number of nitrogens with two attached hydrogens (primary N) is 1. The first-order valence-electron chi connectivity index (χ1n) is 9.74. The fraction of sp³-hybridized carbons (Fsp3) is 0.250. The van der Waals surface area contributed by atoms with Gasteiger partial charge in [-0.15, -0.1) is 12.3 Å². The summed E-state index contributed by atoms with van der Waals surface area (Å²) < 4.78 is 5.40. The molecule has 2 rings (SSSR count). The van der Waals surface area contributed by atoms with Crippen LogP contribution < -0.4 is 15.4 Å². The number of phenols is 1. The van der Waals surface area contributed by atoms with Gasteiger partial charge in [0.1, 0.15) is 17.3 Å². The number of hydrogen-bond acceptors (Lipinski definition) is 5. The number of esters is 1. The molecule has 0 aliphatic rings. The number of rotatable bonds is 9. The van der Waals surface area contributed by atoms with E-state index in [4.69, 9.17) is 22.3 Å². The SMILES string of the molecule is C#CCCc1c(OC(=O)C=C)ccc(C(=N)N)c1-c1ccc(N(CC)CC)cc1O. The molecule has 0 amide bonds. The van der Waals surface area contributed by atoms with Crippen LogP contribution in [0.5, 0.6) is 11.5 Å². The fourth-order valence-corrected chi connectivity index (χ4v) is 3.37. The average molecular weight is 405 g/mol. The Labute approximate surface area is 177 Å². The average Bonchev–Trinajstić information content (AvgIpc) is 2.73. The molecule has 4 N–H and O–H groups in total. The van der Waals surface area contributed by atoms with E-state index >= 15 is 0 Å². The van der Waals surface area contributed by atoms with Crippen LogP contribution in [0.15, 0.2) is 43.0 Å². The van der Waals surface area contributed by atoms with Crippen LogP contribution in [0.3, 0.4) is 0 Å². The maximum absolute atomic E-state index is 11.8. The molecular formula is C24H27N3O3. The van der Waals surface area contributed by atoms with Crippen LogP contribution in [-0.2, 0) is 11.2 Å². The molecule has 0 spiro atoms. The van der Waals surface area contributed by atoms with Gasteiger partial charge in [0.05, 0.1) is 0 Å². The normalized spacial score (nSPS) is 10.2. The smallest absolute Gasteiger partial charge is 0.335 e. The molecule has 0 aromatic heterocycles. The minimum atomic E-state index is -0.611. The molecule has 0 saturated carbocycles. The Balaban J connectivity index is 2.76. The van der Waals surface area contributed by atoms with Crippen LogP contribution in [0.1, 0.15) is 31.4 Å². The van der Waals surface area contributed by atoms with Crippen LogP contribution >= 0.6 is 0 Å². The highest BCUT2D eigenvalue weighted by Gasteiger charge is 2.21. The summed E-state index contributed by atoms with van der Waals surface area (Å²) in [7, 11) is 0. The number of carbonyl (C=O) groups is 1. The van der Waals surface area contributed by atoms with Gasteiger partial charge in [-0.1, -0.05) is 6.58 Å². The Morgan fingerprint density at radius 3 is 2.57 bits per heavy atom. The second-order valence-corrected chi connectivity index (χ2v) is 6.58. The number of nitrogens with one attached hydrogen (secondary N) is 1. The summed E-state index contributed by atoms with van der Waals surface area (Å²) in [5.74, 6) is 2.13. The Morgan fingerprint density at radius 1 is 1.33 bits per heavy atom. The summed E-state index contributed by atoms with van der Waals surface area (Å²) in [5, 5.41) is 18.9. The first-order valence-corrected chi connectivity index (χ1v) is 9.74. The van der Waals surface area contributed by atoms with Crippen molar-refractivity contribution in [3.8, 4) is 35.0 Å². The second kappa shape index (κ2) is 10.2. The number of phenolic OH excluding ortho intramolecular Hbond substituents is 1. The van der Waals surface area contributed by atoms with E-state index in [2.05, 4.69) is 17.4 Å². The standard InChI is InChI=1S/C24H27N3O3/c1-5-9-10-18-21(30-22(29)6-2)14-13-19(24(25)26)23(18)17-12-11-16(15-20(17)28)27(7-3)8-4/h1,6,11-15,28H,2,7-10H2,3-4H3,(H3,25,26). The van der Waals surface area contributed by atoms with Crippen molar-refractivity contribution in [2.45, 2.75) is 26.7 Å². The van der Waals surface area contributed by atoms with E-state index in [-0.39, 0.29) is 11.6 Å². The van der Waals surface area contributed by atoms with Gasteiger partial charge in [-0.3, -0.25) is 5.41 Å². The third-order valence-electron chi connectivity index (χ3n) is 4.84. The Bertz CT molecular complexity index is 1000. The maximum atomic E-state index is 11.8. The van der Waals surface area contributed by atoms with Crippen molar-refractivity contribution in [2.24, 2.45) is 5.73 Å². The molecule has 6 nitrogen and oxygen atoms in total. The highest BCUT2D eigenvalue weighted by atomic mass is 16.5. The molecule has 0 radical (unpaired) electrons. The molecule has 0 bridgehead atoms. The lowest BCUT2D eigenvalue weighted by atomic mass is 9.90. The van der Waals surface area contributed by atoms with Gasteiger partial charge in [0.2, 0.25) is 0 Å². The van der Waals surface area contributed by atoms with Crippen molar-refractivity contribution in [1.82, 2.24) is 0 Å². The topological polar surface area (TPSA) is 99.6 Å². The zero-order chi connectivity index (χ0) is 22.3. The van der Waals surface area contributed by atoms with Crippen molar-refractivity contribution in [3.63, 3.8) is 0 Å². The van der Waals surface area contributed by atoms with E-state index in [1.165, 1.54) is 0 Å². The second-order valence-electron chi connectivity index (χ2n) is 6.58. The van der Waals surface area contributed by atoms with Crippen LogP contribution in [-0.4, -0.2) is 30.0 Å². The van der Waals surface area contributed by atoms with Gasteiger partial charge in [-0.25, -0.2) is 4.79 Å². The summed E-state index contributed by atoms with van der Waals surface area (Å²) in [4.78, 5) is 13.9. The lowest BCUT2D eigenvalue weighted by Crippen LogP contribution is -2.21. The summed E-state index contributed by atoms with van der Waals surface area (Å²) in [6, 6.07) is 8.54. The van der Waals surface area contributed by atoms with Crippen molar-refractivity contribution in [2.75, 3.05) is 18.0 Å². The molecule has 2 aromatic carbocycles. The van der Waals surface area contributed by atoms with Gasteiger partial charge >= 0.3 is 5.97 Å². The van der Waals surface area contributed by atoms with E-state index < -0.39 is 5.97 Å². The highest BCUT2D eigenvalue weighted by molar-refractivity contribution is 6.03. The van der Waals surface area contributed by atoms with Crippen LogP contribution in [0.25, 0.3) is 11.1 Å². The van der Waals surface area contributed by atoms with Gasteiger partial charge < -0.3 is 20.5 Å². The Kier molecular flexibility index (Phi) is 7.65. The molecule has 156 valence electrons. The number of hydrogen-bond donors (Lipinski definition) is 3. The van der Waals surface area contributed by atoms with E-state index in [1.54, 1.807) is 24.3 Å². The number of aromatic hydroxyl groups is 1. The summed E-state index contributed by atoms with van der Waals surface area (Å²) in [6.07, 6.45) is 7.29. The molecule has 2 aromatic rings. The number of amidine groups is 1. The lowest BCUT2D eigenvalue weighted by molar-refractivity contribution is -0.129. The number of carbonyl (C=O) groups excluding carboxylic acids is 1. The van der Waals surface area contributed by atoms with E-state index in [9.17, 15) is 9.90 Å². The number of terminal acetylenes is 1. The van der Waals surface area contributed by atoms with Gasteiger partial charge in [0.15, 0.2) is 0 Å². The Morgan fingerprint density at radius 2 is 2.03 bits per heavy atom. The zero-order valence-electron chi connectivity index (χ0n) is 17.4. The molecule has 0 heterocycles. The van der Waals surface area contributed by atoms with Gasteiger partial charge in [-0.05, 0) is 44.5 Å². The van der Waals surface area contributed by atoms with Gasteiger partial charge in [0, 0.05) is 59.6 Å². The number of benzene rings is 2. The highest BCUT2D eigenvalue weighted by Crippen LogP contribution is 2.40. The molecule has 0 aliphatic heterocycles. The summed E-state index contributed by atoms with van der Waals surface area (Å²) >= 11 is 0. The fourth-order valence-electron chi connectivity index (χ4n) is 3.37.